The number of hydrogen-bond acceptors (Lipinski definition) is 6. The second-order valence-electron chi connectivity index (χ2n) is 11.4. The van der Waals surface area contributed by atoms with E-state index in [1.165, 1.54) is 10.2 Å². The number of nitrogens with zero attached hydrogens (tertiary/aromatic N) is 4. The number of amides is 1. The largest absolute Gasteiger partial charge is 0.493 e. The smallest absolute Gasteiger partial charge is 0.410 e. The van der Waals surface area contributed by atoms with Crippen molar-refractivity contribution in [2.24, 2.45) is 13.0 Å². The summed E-state index contributed by atoms with van der Waals surface area (Å²) in [5, 5.41) is 2.12. The number of piperidine rings is 1. The van der Waals surface area contributed by atoms with Gasteiger partial charge in [-0.15, -0.1) is 11.3 Å². The summed E-state index contributed by atoms with van der Waals surface area (Å²) in [4.78, 5) is 19.0. The molecule has 1 saturated heterocycles. The fourth-order valence-corrected chi connectivity index (χ4v) is 5.85. The maximum Gasteiger partial charge on any atom is 0.410 e. The Labute approximate surface area is 240 Å². The SMILES string of the molecule is CCc1cn(CCOc2ccc(OCC3CCN(C(=O)OC(C)(C)C)CC3)cc2)c(-c2cc3sccc3n2C)n1. The van der Waals surface area contributed by atoms with Gasteiger partial charge in [0.2, 0.25) is 0 Å². The van der Waals surface area contributed by atoms with E-state index in [0.717, 1.165) is 48.0 Å². The first-order valence-electron chi connectivity index (χ1n) is 14.1. The topological polar surface area (TPSA) is 70.8 Å². The van der Waals surface area contributed by atoms with Crippen LogP contribution in [0, 0.1) is 5.92 Å². The minimum atomic E-state index is -0.465. The maximum absolute atomic E-state index is 12.3. The lowest BCUT2D eigenvalue weighted by molar-refractivity contribution is 0.0165. The highest BCUT2D eigenvalue weighted by atomic mass is 32.1. The first-order valence-corrected chi connectivity index (χ1v) is 15.0. The number of rotatable bonds is 9. The lowest BCUT2D eigenvalue weighted by atomic mass is 9.98. The molecule has 1 aliphatic rings. The minimum Gasteiger partial charge on any atom is -0.493 e. The Morgan fingerprint density at radius 3 is 2.42 bits per heavy atom. The number of benzene rings is 1. The fraction of sp³-hybridized carbons (Fsp3) is 0.484. The molecule has 3 aromatic heterocycles. The van der Waals surface area contributed by atoms with Gasteiger partial charge >= 0.3 is 6.09 Å². The van der Waals surface area contributed by atoms with Gasteiger partial charge in [-0.3, -0.25) is 0 Å². The molecule has 0 spiro atoms. The van der Waals surface area contributed by atoms with E-state index in [4.69, 9.17) is 19.2 Å². The van der Waals surface area contributed by atoms with Gasteiger partial charge < -0.3 is 28.2 Å². The number of hydrogen-bond donors (Lipinski definition) is 0. The van der Waals surface area contributed by atoms with Gasteiger partial charge in [0.15, 0.2) is 5.82 Å². The average molecular weight is 565 g/mol. The van der Waals surface area contributed by atoms with Gasteiger partial charge in [0.1, 0.15) is 23.7 Å². The van der Waals surface area contributed by atoms with E-state index in [9.17, 15) is 4.79 Å². The predicted molar refractivity (Wildman–Crippen MR) is 159 cm³/mol. The molecule has 0 atom stereocenters. The maximum atomic E-state index is 12.3. The summed E-state index contributed by atoms with van der Waals surface area (Å²) in [5.41, 5.74) is 2.97. The second-order valence-corrected chi connectivity index (χ2v) is 12.4. The zero-order valence-electron chi connectivity index (χ0n) is 24.2. The summed E-state index contributed by atoms with van der Waals surface area (Å²) in [5.74, 6) is 3.05. The molecule has 0 saturated carbocycles. The summed E-state index contributed by atoms with van der Waals surface area (Å²) < 4.78 is 23.3. The van der Waals surface area contributed by atoms with Crippen LogP contribution < -0.4 is 9.47 Å². The highest BCUT2D eigenvalue weighted by Crippen LogP contribution is 2.30. The Morgan fingerprint density at radius 1 is 1.07 bits per heavy atom. The van der Waals surface area contributed by atoms with Gasteiger partial charge in [0.25, 0.3) is 0 Å². The van der Waals surface area contributed by atoms with Crippen molar-refractivity contribution in [3.8, 4) is 23.0 Å². The molecule has 1 fully saturated rings. The van der Waals surface area contributed by atoms with Gasteiger partial charge in [0, 0.05) is 26.3 Å². The molecule has 0 aliphatic carbocycles. The molecule has 9 heteroatoms. The monoisotopic (exact) mass is 564 g/mol. The van der Waals surface area contributed by atoms with Crippen molar-refractivity contribution in [1.82, 2.24) is 19.0 Å². The molecule has 8 nitrogen and oxygen atoms in total. The van der Waals surface area contributed by atoms with E-state index in [-0.39, 0.29) is 6.09 Å². The van der Waals surface area contributed by atoms with E-state index in [2.05, 4.69) is 46.8 Å². The number of carbonyl (C=O) groups is 1. The van der Waals surface area contributed by atoms with Gasteiger partial charge in [-0.05, 0) is 87.7 Å². The van der Waals surface area contributed by atoms with Crippen LogP contribution in [0.5, 0.6) is 11.5 Å². The molecule has 0 N–H and O–H groups in total. The minimum absolute atomic E-state index is 0.225. The first kappa shape index (κ1) is 28.1. The molecular weight excluding hydrogens is 524 g/mol. The molecule has 1 amide bonds. The number of likely N-dealkylation sites (tertiary alicyclic amines) is 1. The van der Waals surface area contributed by atoms with Crippen molar-refractivity contribution in [3.05, 3.63) is 53.7 Å². The molecule has 4 heterocycles. The Hall–Kier alpha value is -3.46. The van der Waals surface area contributed by atoms with Crippen LogP contribution in [-0.4, -0.2) is 57.0 Å². The summed E-state index contributed by atoms with van der Waals surface area (Å²) in [6.45, 7) is 11.1. The summed E-state index contributed by atoms with van der Waals surface area (Å²) in [6.07, 6.45) is 4.63. The molecular formula is C31H40N4O4S. The van der Waals surface area contributed by atoms with Crippen molar-refractivity contribution in [2.75, 3.05) is 26.3 Å². The normalized spacial score (nSPS) is 14.6. The Balaban J connectivity index is 1.09. The third-order valence-corrected chi connectivity index (χ3v) is 8.11. The van der Waals surface area contributed by atoms with Crippen LogP contribution in [-0.2, 0) is 24.8 Å². The van der Waals surface area contributed by atoms with Crippen LogP contribution in [0.25, 0.3) is 21.7 Å². The highest BCUT2D eigenvalue weighted by Gasteiger charge is 2.27. The van der Waals surface area contributed by atoms with Crippen molar-refractivity contribution < 1.29 is 19.0 Å². The quantitative estimate of drug-likeness (QED) is 0.224. The van der Waals surface area contributed by atoms with E-state index in [1.807, 2.05) is 45.0 Å². The standard InChI is InChI=1S/C31H40N4O4S/c1-6-23-20-35(29(32-23)27-19-28-26(33(27)5)13-18-40-28)16-17-37-24-7-9-25(10-8-24)38-21-22-11-14-34(15-12-22)30(36)39-31(2,3)4/h7-10,13,18-20,22H,6,11-12,14-17,21H2,1-5H3. The van der Waals surface area contributed by atoms with Gasteiger partial charge in [0.05, 0.1) is 34.8 Å². The lowest BCUT2D eigenvalue weighted by Crippen LogP contribution is -2.42. The van der Waals surface area contributed by atoms with Gasteiger partial charge in [-0.1, -0.05) is 6.92 Å². The van der Waals surface area contributed by atoms with E-state index < -0.39 is 5.60 Å². The fourth-order valence-electron chi connectivity index (χ4n) is 5.00. The molecule has 1 aromatic carbocycles. The van der Waals surface area contributed by atoms with E-state index in [0.29, 0.717) is 38.8 Å². The summed E-state index contributed by atoms with van der Waals surface area (Å²) >= 11 is 1.75. The molecule has 40 heavy (non-hydrogen) atoms. The molecule has 0 unspecified atom stereocenters. The van der Waals surface area contributed by atoms with Crippen LogP contribution in [0.1, 0.15) is 46.2 Å². The summed E-state index contributed by atoms with van der Waals surface area (Å²) in [7, 11) is 2.10. The molecule has 0 radical (unpaired) electrons. The third kappa shape index (κ3) is 6.63. The van der Waals surface area contributed by atoms with Crippen LogP contribution in [0.2, 0.25) is 0 Å². The van der Waals surface area contributed by atoms with Crippen LogP contribution in [0.3, 0.4) is 0 Å². The Bertz CT molecular complexity index is 1420. The van der Waals surface area contributed by atoms with Gasteiger partial charge in [-0.2, -0.15) is 0 Å². The molecule has 5 rings (SSSR count). The third-order valence-electron chi connectivity index (χ3n) is 7.26. The van der Waals surface area contributed by atoms with Crippen LogP contribution in [0.4, 0.5) is 4.79 Å². The van der Waals surface area contributed by atoms with Crippen LogP contribution in [0.15, 0.2) is 48.0 Å². The lowest BCUT2D eigenvalue weighted by Gasteiger charge is -2.33. The Kier molecular flexibility index (Phi) is 8.40. The van der Waals surface area contributed by atoms with Gasteiger partial charge in [-0.25, -0.2) is 9.78 Å². The number of carbonyl (C=O) groups excluding carboxylic acids is 1. The summed E-state index contributed by atoms with van der Waals surface area (Å²) in [6, 6.07) is 12.2. The highest BCUT2D eigenvalue weighted by molar-refractivity contribution is 7.17. The number of aryl methyl sites for hydroxylation is 2. The first-order chi connectivity index (χ1) is 19.2. The molecule has 214 valence electrons. The van der Waals surface area contributed by atoms with Crippen molar-refractivity contribution >= 4 is 27.6 Å². The van der Waals surface area contributed by atoms with E-state index in [1.54, 1.807) is 16.2 Å². The second kappa shape index (κ2) is 12.0. The number of imidazole rings is 1. The molecule has 1 aliphatic heterocycles. The van der Waals surface area contributed by atoms with Crippen molar-refractivity contribution in [2.45, 2.75) is 59.1 Å². The zero-order chi connectivity index (χ0) is 28.3. The number of thiophene rings is 1. The van der Waals surface area contributed by atoms with E-state index >= 15 is 0 Å². The number of ether oxygens (including phenoxy) is 3. The Morgan fingerprint density at radius 2 is 1.77 bits per heavy atom. The predicted octanol–water partition coefficient (Wildman–Crippen LogP) is 6.77. The van der Waals surface area contributed by atoms with Crippen LogP contribution >= 0.6 is 11.3 Å². The van der Waals surface area contributed by atoms with Crippen molar-refractivity contribution in [3.63, 3.8) is 0 Å². The van der Waals surface area contributed by atoms with Crippen molar-refractivity contribution in [1.29, 1.82) is 0 Å². The molecule has 4 aromatic rings. The number of fused-ring (bicyclic) bond motifs is 1. The zero-order valence-corrected chi connectivity index (χ0v) is 25.0. The molecule has 0 bridgehead atoms. The number of aromatic nitrogens is 3. The average Bonchev–Trinajstić information content (AvgIpc) is 3.64.